The lowest BCUT2D eigenvalue weighted by Crippen LogP contribution is -2.43. The number of halogens is 1. The zero-order valence-electron chi connectivity index (χ0n) is 11.3. The van der Waals surface area contributed by atoms with Gasteiger partial charge in [0, 0.05) is 36.0 Å². The number of rotatable bonds is 3. The first-order valence-electron chi connectivity index (χ1n) is 6.69. The van der Waals surface area contributed by atoms with Gasteiger partial charge in [-0.1, -0.05) is 11.6 Å². The Hall–Kier alpha value is -1.36. The van der Waals surface area contributed by atoms with Crippen molar-refractivity contribution in [2.45, 2.75) is 18.6 Å². The summed E-state index contributed by atoms with van der Waals surface area (Å²) in [5.41, 5.74) is 1.93. The highest BCUT2D eigenvalue weighted by Gasteiger charge is 2.25. The number of hydrogen-bond acceptors (Lipinski definition) is 4. The number of nitrogens with one attached hydrogen (secondary N) is 1. The summed E-state index contributed by atoms with van der Waals surface area (Å²) in [6, 6.07) is 7.80. The molecule has 1 N–H and O–H groups in total. The zero-order valence-corrected chi connectivity index (χ0v) is 12.1. The van der Waals surface area contributed by atoms with Gasteiger partial charge in [0.2, 0.25) is 0 Å². The molecule has 1 saturated heterocycles. The van der Waals surface area contributed by atoms with Gasteiger partial charge in [0.15, 0.2) is 0 Å². The molecule has 3 rings (SSSR count). The van der Waals surface area contributed by atoms with E-state index in [1.807, 2.05) is 24.3 Å². The molecule has 1 aliphatic rings. The lowest BCUT2D eigenvalue weighted by atomic mass is 10.1. The van der Waals surface area contributed by atoms with Crippen LogP contribution in [-0.4, -0.2) is 37.5 Å². The highest BCUT2D eigenvalue weighted by atomic mass is 35.5. The average molecular weight is 293 g/mol. The van der Waals surface area contributed by atoms with Crippen LogP contribution in [0.15, 0.2) is 30.5 Å². The number of anilines is 1. The molecule has 0 aliphatic carbocycles. The summed E-state index contributed by atoms with van der Waals surface area (Å²) >= 11 is 6.08. The van der Waals surface area contributed by atoms with Crippen molar-refractivity contribution in [1.82, 2.24) is 4.98 Å². The molecule has 2 heterocycles. The van der Waals surface area contributed by atoms with E-state index in [0.29, 0.717) is 11.6 Å². The lowest BCUT2D eigenvalue weighted by molar-refractivity contribution is -0.0199. The summed E-state index contributed by atoms with van der Waals surface area (Å²) in [6.45, 7) is 1.39. The third kappa shape index (κ3) is 2.73. The Kier molecular flexibility index (Phi) is 4.05. The van der Waals surface area contributed by atoms with Gasteiger partial charge in [-0.15, -0.1) is 0 Å². The molecule has 1 aromatic heterocycles. The molecule has 0 radical (unpaired) electrons. The van der Waals surface area contributed by atoms with Crippen molar-refractivity contribution in [3.8, 4) is 0 Å². The number of aromatic nitrogens is 1. The average Bonchev–Trinajstić information content (AvgIpc) is 2.48. The molecule has 1 aliphatic heterocycles. The molecule has 1 aromatic carbocycles. The first-order chi connectivity index (χ1) is 9.78. The van der Waals surface area contributed by atoms with Gasteiger partial charge >= 0.3 is 0 Å². The van der Waals surface area contributed by atoms with E-state index in [4.69, 9.17) is 21.1 Å². The molecule has 20 heavy (non-hydrogen) atoms. The molecule has 0 unspecified atom stereocenters. The van der Waals surface area contributed by atoms with E-state index in [9.17, 15) is 0 Å². The molecule has 106 valence electrons. The molecular weight excluding hydrogens is 276 g/mol. The summed E-state index contributed by atoms with van der Waals surface area (Å²) < 4.78 is 11.1. The maximum atomic E-state index is 6.08. The minimum atomic E-state index is 0.137. The van der Waals surface area contributed by atoms with Crippen LogP contribution < -0.4 is 5.32 Å². The van der Waals surface area contributed by atoms with Crippen molar-refractivity contribution >= 4 is 28.2 Å². The standard InChI is InChI=1S/C15H17ClN2O2/c1-19-15-5-7-20-9-14(15)18-13-4-6-17-12-3-2-10(16)8-11(12)13/h2-4,6,8,14-15H,5,7,9H2,1H3,(H,17,18)/t14-,15-/m1/s1. The van der Waals surface area contributed by atoms with Crippen molar-refractivity contribution in [3.05, 3.63) is 35.5 Å². The zero-order chi connectivity index (χ0) is 13.9. The molecule has 4 nitrogen and oxygen atoms in total. The van der Waals surface area contributed by atoms with Gasteiger partial charge in [-0.05, 0) is 30.7 Å². The second-order valence-electron chi connectivity index (χ2n) is 4.91. The number of nitrogens with zero attached hydrogens (tertiary/aromatic N) is 1. The van der Waals surface area contributed by atoms with Crippen LogP contribution in [0.5, 0.6) is 0 Å². The molecule has 0 amide bonds. The van der Waals surface area contributed by atoms with E-state index in [1.54, 1.807) is 13.3 Å². The first kappa shape index (κ1) is 13.6. The predicted molar refractivity (Wildman–Crippen MR) is 80.4 cm³/mol. The van der Waals surface area contributed by atoms with Crippen LogP contribution in [0.1, 0.15) is 6.42 Å². The van der Waals surface area contributed by atoms with Crippen LogP contribution in [0.25, 0.3) is 10.9 Å². The van der Waals surface area contributed by atoms with Crippen molar-refractivity contribution in [3.63, 3.8) is 0 Å². The number of ether oxygens (including phenoxy) is 2. The minimum Gasteiger partial charge on any atom is -0.379 e. The topological polar surface area (TPSA) is 43.4 Å². The molecule has 2 aromatic rings. The SMILES string of the molecule is CO[C@@H]1CCOC[C@H]1Nc1ccnc2ccc(Cl)cc12. The molecule has 2 atom stereocenters. The maximum absolute atomic E-state index is 6.08. The van der Waals surface area contributed by atoms with Crippen molar-refractivity contribution in [2.24, 2.45) is 0 Å². The Morgan fingerprint density at radius 1 is 1.40 bits per heavy atom. The van der Waals surface area contributed by atoms with Crippen molar-refractivity contribution < 1.29 is 9.47 Å². The normalized spacial score (nSPS) is 22.9. The number of pyridine rings is 1. The smallest absolute Gasteiger partial charge is 0.0816 e. The molecule has 5 heteroatoms. The predicted octanol–water partition coefficient (Wildman–Crippen LogP) is 3.10. The molecule has 0 spiro atoms. The quantitative estimate of drug-likeness (QED) is 0.944. The summed E-state index contributed by atoms with van der Waals surface area (Å²) in [5, 5.41) is 5.22. The number of methoxy groups -OCH3 is 1. The van der Waals surface area contributed by atoms with Gasteiger partial charge in [-0.25, -0.2) is 0 Å². The molecule has 0 saturated carbocycles. The van der Waals surface area contributed by atoms with E-state index < -0.39 is 0 Å². The van der Waals surface area contributed by atoms with Crippen LogP contribution in [-0.2, 0) is 9.47 Å². The van der Waals surface area contributed by atoms with Crippen molar-refractivity contribution in [1.29, 1.82) is 0 Å². The third-order valence-electron chi connectivity index (χ3n) is 3.64. The number of benzene rings is 1. The van der Waals surface area contributed by atoms with Gasteiger partial charge in [0.25, 0.3) is 0 Å². The summed E-state index contributed by atoms with van der Waals surface area (Å²) in [7, 11) is 1.74. The van der Waals surface area contributed by atoms with Crippen LogP contribution in [0.4, 0.5) is 5.69 Å². The second-order valence-corrected chi connectivity index (χ2v) is 5.34. The maximum Gasteiger partial charge on any atom is 0.0816 e. The Morgan fingerprint density at radius 3 is 3.15 bits per heavy atom. The first-order valence-corrected chi connectivity index (χ1v) is 7.07. The Labute approximate surface area is 123 Å². The van der Waals surface area contributed by atoms with E-state index in [2.05, 4.69) is 10.3 Å². The minimum absolute atomic E-state index is 0.137. The van der Waals surface area contributed by atoms with Crippen LogP contribution in [0.2, 0.25) is 5.02 Å². The number of hydrogen-bond donors (Lipinski definition) is 1. The van der Waals surface area contributed by atoms with Crippen LogP contribution in [0.3, 0.4) is 0 Å². The summed E-state index contributed by atoms with van der Waals surface area (Å²) in [6.07, 6.45) is 2.85. The van der Waals surface area contributed by atoms with Crippen LogP contribution >= 0.6 is 11.6 Å². The van der Waals surface area contributed by atoms with Gasteiger partial charge in [0.1, 0.15) is 0 Å². The largest absolute Gasteiger partial charge is 0.379 e. The van der Waals surface area contributed by atoms with Crippen molar-refractivity contribution in [2.75, 3.05) is 25.6 Å². The van der Waals surface area contributed by atoms with E-state index in [0.717, 1.165) is 29.6 Å². The Morgan fingerprint density at radius 2 is 2.30 bits per heavy atom. The fourth-order valence-electron chi connectivity index (χ4n) is 2.58. The summed E-state index contributed by atoms with van der Waals surface area (Å²) in [5.74, 6) is 0. The number of fused-ring (bicyclic) bond motifs is 1. The van der Waals surface area contributed by atoms with Gasteiger partial charge in [-0.2, -0.15) is 0 Å². The molecular formula is C15H17ClN2O2. The van der Waals surface area contributed by atoms with E-state index >= 15 is 0 Å². The lowest BCUT2D eigenvalue weighted by Gasteiger charge is -2.32. The molecule has 0 bridgehead atoms. The summed E-state index contributed by atoms with van der Waals surface area (Å²) in [4.78, 5) is 4.35. The van der Waals surface area contributed by atoms with Gasteiger partial charge in [-0.3, -0.25) is 4.98 Å². The third-order valence-corrected chi connectivity index (χ3v) is 3.88. The highest BCUT2D eigenvalue weighted by Crippen LogP contribution is 2.26. The Balaban J connectivity index is 1.91. The monoisotopic (exact) mass is 292 g/mol. The fraction of sp³-hybridized carbons (Fsp3) is 0.400. The highest BCUT2D eigenvalue weighted by molar-refractivity contribution is 6.31. The molecule has 1 fully saturated rings. The fourth-order valence-corrected chi connectivity index (χ4v) is 2.75. The van der Waals surface area contributed by atoms with Gasteiger partial charge < -0.3 is 14.8 Å². The Bertz CT molecular complexity index is 605. The van der Waals surface area contributed by atoms with Crippen LogP contribution in [0, 0.1) is 0 Å². The second kappa shape index (κ2) is 5.95. The van der Waals surface area contributed by atoms with E-state index in [1.165, 1.54) is 0 Å². The van der Waals surface area contributed by atoms with E-state index in [-0.39, 0.29) is 12.1 Å². The van der Waals surface area contributed by atoms with Gasteiger partial charge in [0.05, 0.1) is 24.3 Å².